The van der Waals surface area contributed by atoms with E-state index in [1.165, 1.54) is 6.42 Å². The number of nitrogens with two attached hydrogens (primary N) is 2. The van der Waals surface area contributed by atoms with Crippen molar-refractivity contribution in [1.82, 2.24) is 10.2 Å². The Balaban J connectivity index is 1.79. The summed E-state index contributed by atoms with van der Waals surface area (Å²) in [6, 6.07) is 4.77. The second-order valence-corrected chi connectivity index (χ2v) is 5.29. The van der Waals surface area contributed by atoms with Gasteiger partial charge in [-0.15, -0.1) is 0 Å². The molecule has 0 aromatic heterocycles. The molecule has 1 aromatic rings. The number of amides is 2. The first kappa shape index (κ1) is 15.2. The summed E-state index contributed by atoms with van der Waals surface area (Å²) in [5.41, 5.74) is 12.6. The Labute approximate surface area is 124 Å². The highest BCUT2D eigenvalue weighted by atomic mass is 16.2. The number of carbonyl (C=O) groups is 2. The highest BCUT2D eigenvalue weighted by molar-refractivity contribution is 5.99. The monoisotopic (exact) mass is 290 g/mol. The molecule has 0 atom stereocenters. The molecule has 0 spiro atoms. The number of hydrogen-bond donors (Lipinski definition) is 3. The van der Waals surface area contributed by atoms with Gasteiger partial charge in [0.25, 0.3) is 5.91 Å². The minimum atomic E-state index is -0.279. The van der Waals surface area contributed by atoms with E-state index in [-0.39, 0.29) is 11.8 Å². The molecule has 0 radical (unpaired) electrons. The second-order valence-electron chi connectivity index (χ2n) is 5.29. The molecule has 1 saturated heterocycles. The molecule has 0 unspecified atom stereocenters. The fourth-order valence-electron chi connectivity index (χ4n) is 2.47. The molecule has 1 aromatic carbocycles. The zero-order valence-electron chi connectivity index (χ0n) is 12.1. The summed E-state index contributed by atoms with van der Waals surface area (Å²) in [5, 5.41) is 2.72. The van der Waals surface area contributed by atoms with Crippen molar-refractivity contribution in [1.29, 1.82) is 0 Å². The molecule has 1 aliphatic rings. The smallest absolute Gasteiger partial charge is 0.253 e. The summed E-state index contributed by atoms with van der Waals surface area (Å²) >= 11 is 0. The van der Waals surface area contributed by atoms with Crippen molar-refractivity contribution in [2.24, 2.45) is 0 Å². The topological polar surface area (TPSA) is 101 Å². The largest absolute Gasteiger partial charge is 0.399 e. The number of piperidine rings is 1. The van der Waals surface area contributed by atoms with Gasteiger partial charge in [0.15, 0.2) is 0 Å². The first-order valence-corrected chi connectivity index (χ1v) is 7.29. The Hall–Kier alpha value is -2.24. The number of anilines is 2. The lowest BCUT2D eigenvalue weighted by atomic mass is 10.1. The van der Waals surface area contributed by atoms with Crippen molar-refractivity contribution in [3.05, 3.63) is 23.8 Å². The molecule has 5 N–H and O–H groups in total. The summed E-state index contributed by atoms with van der Waals surface area (Å²) in [6.45, 7) is 1.98. The van der Waals surface area contributed by atoms with E-state index in [1.807, 2.05) is 4.90 Å². The van der Waals surface area contributed by atoms with Gasteiger partial charge < -0.3 is 21.7 Å². The van der Waals surface area contributed by atoms with E-state index < -0.39 is 0 Å². The van der Waals surface area contributed by atoms with Crippen molar-refractivity contribution >= 4 is 23.2 Å². The van der Waals surface area contributed by atoms with E-state index in [0.29, 0.717) is 29.9 Å². The minimum absolute atomic E-state index is 0.0975. The molecule has 6 nitrogen and oxygen atoms in total. The predicted molar refractivity (Wildman–Crippen MR) is 82.6 cm³/mol. The summed E-state index contributed by atoms with van der Waals surface area (Å²) in [4.78, 5) is 25.8. The number of hydrogen-bond acceptors (Lipinski definition) is 4. The minimum Gasteiger partial charge on any atom is -0.399 e. The van der Waals surface area contributed by atoms with E-state index in [0.717, 1.165) is 25.9 Å². The van der Waals surface area contributed by atoms with Gasteiger partial charge in [0.2, 0.25) is 5.91 Å². The van der Waals surface area contributed by atoms with Crippen molar-refractivity contribution in [2.45, 2.75) is 25.7 Å². The number of carbonyl (C=O) groups excluding carboxylic acids is 2. The number of benzene rings is 1. The van der Waals surface area contributed by atoms with Gasteiger partial charge >= 0.3 is 0 Å². The van der Waals surface area contributed by atoms with Crippen LogP contribution >= 0.6 is 0 Å². The van der Waals surface area contributed by atoms with Crippen molar-refractivity contribution in [3.8, 4) is 0 Å². The number of likely N-dealkylation sites (tertiary alicyclic amines) is 1. The quantitative estimate of drug-likeness (QED) is 0.719. The Morgan fingerprint density at radius 2 is 1.86 bits per heavy atom. The number of nitrogens with zero attached hydrogens (tertiary/aromatic N) is 1. The number of nitrogens with one attached hydrogen (secondary N) is 1. The van der Waals surface area contributed by atoms with Crippen LogP contribution in [0.4, 0.5) is 11.4 Å². The average molecular weight is 290 g/mol. The van der Waals surface area contributed by atoms with Crippen LogP contribution in [0.5, 0.6) is 0 Å². The van der Waals surface area contributed by atoms with Gasteiger partial charge in [-0.1, -0.05) is 0 Å². The fraction of sp³-hybridized carbons (Fsp3) is 0.467. The van der Waals surface area contributed by atoms with Crippen molar-refractivity contribution in [2.75, 3.05) is 31.1 Å². The lowest BCUT2D eigenvalue weighted by Gasteiger charge is -2.26. The summed E-state index contributed by atoms with van der Waals surface area (Å²) in [7, 11) is 0. The van der Waals surface area contributed by atoms with Gasteiger partial charge in [-0.2, -0.15) is 0 Å². The van der Waals surface area contributed by atoms with Crippen LogP contribution in [0.3, 0.4) is 0 Å². The molecular weight excluding hydrogens is 268 g/mol. The molecule has 0 aliphatic carbocycles. The Morgan fingerprint density at radius 1 is 1.14 bits per heavy atom. The van der Waals surface area contributed by atoms with Crippen molar-refractivity contribution < 1.29 is 9.59 Å². The molecule has 6 heteroatoms. The maximum atomic E-state index is 12.0. The Bertz CT molecular complexity index is 524. The third-order valence-corrected chi connectivity index (χ3v) is 3.65. The molecule has 0 saturated carbocycles. The van der Waals surface area contributed by atoms with Crippen LogP contribution in [0.25, 0.3) is 0 Å². The fourth-order valence-corrected chi connectivity index (χ4v) is 2.47. The number of nitrogen functional groups attached to an aromatic ring is 2. The SMILES string of the molecule is Nc1ccc(C(=O)NCCC(=O)N2CCCCC2)c(N)c1. The third kappa shape index (κ3) is 4.11. The van der Waals surface area contributed by atoms with Crippen LogP contribution in [0, 0.1) is 0 Å². The van der Waals surface area contributed by atoms with Crippen LogP contribution in [0.2, 0.25) is 0 Å². The van der Waals surface area contributed by atoms with E-state index in [4.69, 9.17) is 11.5 Å². The molecule has 2 rings (SSSR count). The van der Waals surface area contributed by atoms with Crippen LogP contribution in [0.15, 0.2) is 18.2 Å². The van der Waals surface area contributed by atoms with Gasteiger partial charge in [-0.25, -0.2) is 0 Å². The molecule has 1 heterocycles. The zero-order valence-corrected chi connectivity index (χ0v) is 12.1. The lowest BCUT2D eigenvalue weighted by Crippen LogP contribution is -2.37. The standard InChI is InChI=1S/C15H22N4O2/c16-11-4-5-12(13(17)10-11)15(21)18-7-6-14(20)19-8-2-1-3-9-19/h4-5,10H,1-3,6-9,16-17H2,(H,18,21). The number of rotatable bonds is 4. The maximum Gasteiger partial charge on any atom is 0.253 e. The molecule has 1 aliphatic heterocycles. The van der Waals surface area contributed by atoms with Crippen LogP contribution in [0.1, 0.15) is 36.0 Å². The predicted octanol–water partition coefficient (Wildman–Crippen LogP) is 0.983. The van der Waals surface area contributed by atoms with E-state index in [9.17, 15) is 9.59 Å². The molecule has 114 valence electrons. The molecule has 21 heavy (non-hydrogen) atoms. The highest BCUT2D eigenvalue weighted by Gasteiger charge is 2.16. The molecular formula is C15H22N4O2. The highest BCUT2D eigenvalue weighted by Crippen LogP contribution is 2.15. The first-order chi connectivity index (χ1) is 10.1. The molecule has 2 amide bonds. The van der Waals surface area contributed by atoms with Crippen LogP contribution in [-0.4, -0.2) is 36.3 Å². The summed E-state index contributed by atoms with van der Waals surface area (Å²) in [6.07, 6.45) is 3.65. The summed E-state index contributed by atoms with van der Waals surface area (Å²) in [5.74, 6) is -0.181. The van der Waals surface area contributed by atoms with Gasteiger partial charge in [0, 0.05) is 37.4 Å². The third-order valence-electron chi connectivity index (χ3n) is 3.65. The normalized spacial score (nSPS) is 14.8. The zero-order chi connectivity index (χ0) is 15.2. The Kier molecular flexibility index (Phi) is 5.03. The lowest BCUT2D eigenvalue weighted by molar-refractivity contribution is -0.131. The van der Waals surface area contributed by atoms with E-state index in [1.54, 1.807) is 18.2 Å². The van der Waals surface area contributed by atoms with Gasteiger partial charge in [-0.3, -0.25) is 9.59 Å². The van der Waals surface area contributed by atoms with Crippen LogP contribution in [-0.2, 0) is 4.79 Å². The van der Waals surface area contributed by atoms with E-state index in [2.05, 4.69) is 5.32 Å². The second kappa shape index (κ2) is 6.97. The summed E-state index contributed by atoms with van der Waals surface area (Å²) < 4.78 is 0. The molecule has 1 fully saturated rings. The maximum absolute atomic E-state index is 12.0. The van der Waals surface area contributed by atoms with E-state index >= 15 is 0 Å². The molecule has 0 bridgehead atoms. The van der Waals surface area contributed by atoms with Crippen LogP contribution < -0.4 is 16.8 Å². The van der Waals surface area contributed by atoms with Crippen molar-refractivity contribution in [3.63, 3.8) is 0 Å². The average Bonchev–Trinajstić information content (AvgIpc) is 2.47. The van der Waals surface area contributed by atoms with Gasteiger partial charge in [0.05, 0.1) is 5.56 Å². The Morgan fingerprint density at radius 3 is 2.52 bits per heavy atom. The first-order valence-electron chi connectivity index (χ1n) is 7.29. The van der Waals surface area contributed by atoms with Gasteiger partial charge in [0.1, 0.15) is 0 Å². The van der Waals surface area contributed by atoms with Gasteiger partial charge in [-0.05, 0) is 37.5 Å².